The fraction of sp³-hybridized carbons (Fsp3) is 0.864. The van der Waals surface area contributed by atoms with Crippen LogP contribution in [-0.2, 0) is 19.3 Å². The molecular weight excluding hydrogens is 542 g/mol. The first-order valence-electron chi connectivity index (χ1n) is 21.1. The van der Waals surface area contributed by atoms with Gasteiger partial charge in [-0.2, -0.15) is 0 Å². The Morgan fingerprint density at radius 2 is 0.600 bits per heavy atom. The summed E-state index contributed by atoms with van der Waals surface area (Å²) in [6.45, 7) is 8.73. The molecule has 0 amide bonds. The predicted molar refractivity (Wildman–Crippen MR) is 204 cm³/mol. The number of hydrogen-bond donors (Lipinski definition) is 0. The normalized spacial score (nSPS) is 11.5. The van der Waals surface area contributed by atoms with Gasteiger partial charge in [0.1, 0.15) is 0 Å². The monoisotopic (exact) mass is 625 g/mol. The summed E-state index contributed by atoms with van der Waals surface area (Å²) in [5, 5.41) is 0. The third-order valence-electron chi connectivity index (χ3n) is 10.0. The molecule has 0 saturated heterocycles. The van der Waals surface area contributed by atoms with Gasteiger partial charge < -0.3 is 0 Å². The van der Waals surface area contributed by atoms with Gasteiger partial charge >= 0.3 is 0 Å². The lowest BCUT2D eigenvalue weighted by molar-refractivity contribution is 0.528. The minimum Gasteiger partial charge on any atom is -0.258 e. The number of unbranched alkanes of at least 4 members (excludes halogenated alkanes) is 30. The van der Waals surface area contributed by atoms with Crippen LogP contribution in [0.3, 0.4) is 0 Å². The molecule has 1 nitrogen and oxygen atoms in total. The lowest BCUT2D eigenvalue weighted by atomic mass is 10.0. The van der Waals surface area contributed by atoms with E-state index in [1.807, 2.05) is 0 Å². The zero-order valence-electron chi connectivity index (χ0n) is 31.3. The van der Waals surface area contributed by atoms with E-state index >= 15 is 0 Å². The van der Waals surface area contributed by atoms with Gasteiger partial charge in [-0.3, -0.25) is 4.98 Å². The Labute approximate surface area is 285 Å². The van der Waals surface area contributed by atoms with Crippen LogP contribution in [0, 0.1) is 6.92 Å². The van der Waals surface area contributed by atoms with Crippen LogP contribution in [0.25, 0.3) is 0 Å². The maximum Gasteiger partial charge on any atom is 0.0409 e. The Kier molecular flexibility index (Phi) is 32.3. The van der Waals surface area contributed by atoms with E-state index in [9.17, 15) is 0 Å². The van der Waals surface area contributed by atoms with E-state index in [0.717, 1.165) is 25.7 Å². The fourth-order valence-electron chi connectivity index (χ4n) is 7.03. The molecule has 0 aliphatic heterocycles. The molecule has 0 aliphatic rings. The molecule has 0 fully saturated rings. The minimum absolute atomic E-state index is 0.987. The second-order valence-electron chi connectivity index (χ2n) is 14.7. The van der Waals surface area contributed by atoms with Crippen LogP contribution in [0.2, 0.25) is 0 Å². The topological polar surface area (TPSA) is 12.9 Å². The van der Waals surface area contributed by atoms with Gasteiger partial charge in [-0.05, 0) is 56.2 Å². The van der Waals surface area contributed by atoms with E-state index in [-0.39, 0.29) is 0 Å². The second kappa shape index (κ2) is 34.5. The Morgan fingerprint density at radius 1 is 0.356 bits per heavy atom. The molecule has 0 atom stereocenters. The molecule has 0 saturated carbocycles. The third kappa shape index (κ3) is 29.1. The highest BCUT2D eigenvalue weighted by molar-refractivity contribution is 5.22. The van der Waals surface area contributed by atoms with Gasteiger partial charge in [0, 0.05) is 11.4 Å². The summed E-state index contributed by atoms with van der Waals surface area (Å²) < 4.78 is 0. The average Bonchev–Trinajstić information content (AvgIpc) is 3.04. The van der Waals surface area contributed by atoms with Crippen LogP contribution in [0.1, 0.15) is 243 Å². The zero-order chi connectivity index (χ0) is 32.3. The summed E-state index contributed by atoms with van der Waals surface area (Å²) in [5.41, 5.74) is 4.16. The average molecular weight is 625 g/mol. The SMILES string of the molecule is [CH2]CCc1cc(CCCCCCCCCCCCCCCCCC)nc(CCCCCCCCCCCCCCCCCC)c1. The van der Waals surface area contributed by atoms with E-state index in [2.05, 4.69) is 32.9 Å². The maximum atomic E-state index is 5.11. The molecule has 0 aromatic carbocycles. The van der Waals surface area contributed by atoms with Gasteiger partial charge in [0.15, 0.2) is 0 Å². The van der Waals surface area contributed by atoms with Crippen LogP contribution >= 0.6 is 0 Å². The summed E-state index contributed by atoms with van der Waals surface area (Å²) in [5.74, 6) is 0. The molecule has 263 valence electrons. The minimum atomic E-state index is 0.987. The molecule has 0 bridgehead atoms. The van der Waals surface area contributed by atoms with Gasteiger partial charge in [-0.15, -0.1) is 0 Å². The summed E-state index contributed by atoms with van der Waals surface area (Å²) >= 11 is 0. The van der Waals surface area contributed by atoms with Crippen molar-refractivity contribution in [3.63, 3.8) is 0 Å². The quantitative estimate of drug-likeness (QED) is 0.0677. The lowest BCUT2D eigenvalue weighted by Crippen LogP contribution is -2.00. The number of hydrogen-bond acceptors (Lipinski definition) is 1. The second-order valence-corrected chi connectivity index (χ2v) is 14.7. The molecular formula is C44H82N. The summed E-state index contributed by atoms with van der Waals surface area (Å²) in [6.07, 6.45) is 50.2. The summed E-state index contributed by atoms with van der Waals surface area (Å²) in [4.78, 5) is 5.11. The first-order valence-corrected chi connectivity index (χ1v) is 21.1. The molecule has 1 aromatic heterocycles. The van der Waals surface area contributed by atoms with Crippen molar-refractivity contribution < 1.29 is 0 Å². The molecule has 45 heavy (non-hydrogen) atoms. The molecule has 0 unspecified atom stereocenters. The molecule has 1 aromatic rings. The summed E-state index contributed by atoms with van der Waals surface area (Å²) in [7, 11) is 0. The third-order valence-corrected chi connectivity index (χ3v) is 10.0. The molecule has 1 heteroatoms. The first-order chi connectivity index (χ1) is 22.3. The van der Waals surface area contributed by atoms with E-state index in [4.69, 9.17) is 4.98 Å². The highest BCUT2D eigenvalue weighted by Gasteiger charge is 2.05. The van der Waals surface area contributed by atoms with Crippen molar-refractivity contribution in [1.29, 1.82) is 0 Å². The van der Waals surface area contributed by atoms with Crippen molar-refractivity contribution in [3.8, 4) is 0 Å². The van der Waals surface area contributed by atoms with E-state index in [1.54, 1.807) is 0 Å². The lowest BCUT2D eigenvalue weighted by Gasteiger charge is -2.09. The maximum absolute atomic E-state index is 5.11. The van der Waals surface area contributed by atoms with Crippen molar-refractivity contribution in [2.75, 3.05) is 0 Å². The van der Waals surface area contributed by atoms with Gasteiger partial charge in [0.2, 0.25) is 0 Å². The van der Waals surface area contributed by atoms with Crippen LogP contribution in [0.5, 0.6) is 0 Å². The predicted octanol–water partition coefficient (Wildman–Crippen LogP) is 15.5. The first kappa shape index (κ1) is 42.2. The molecule has 1 heterocycles. The molecule has 0 aliphatic carbocycles. The molecule has 1 radical (unpaired) electrons. The number of aromatic nitrogens is 1. The van der Waals surface area contributed by atoms with Crippen molar-refractivity contribution in [3.05, 3.63) is 36.0 Å². The van der Waals surface area contributed by atoms with Gasteiger partial charge in [0.05, 0.1) is 0 Å². The Bertz CT molecular complexity index is 655. The van der Waals surface area contributed by atoms with E-state index in [0.29, 0.717) is 0 Å². The molecule has 0 spiro atoms. The Hall–Kier alpha value is -0.850. The Morgan fingerprint density at radius 3 is 0.844 bits per heavy atom. The highest BCUT2D eigenvalue weighted by atomic mass is 14.7. The van der Waals surface area contributed by atoms with Crippen LogP contribution in [0.4, 0.5) is 0 Å². The number of aryl methyl sites for hydroxylation is 3. The largest absolute Gasteiger partial charge is 0.258 e. The number of rotatable bonds is 36. The number of nitrogens with zero attached hydrogens (tertiary/aromatic N) is 1. The standard InChI is InChI=1S/C44H82N/c1-4-7-9-11-13-15-17-19-21-23-25-27-29-31-33-35-38-43-40-42(37-6-3)41-44(45-43)39-36-34-32-30-28-26-24-22-20-18-16-14-12-10-8-5-2/h40-41H,3-39H2,1-2H3. The van der Waals surface area contributed by atoms with Crippen LogP contribution in [0.15, 0.2) is 12.1 Å². The Balaban J connectivity index is 2.02. The van der Waals surface area contributed by atoms with Crippen molar-refractivity contribution in [2.24, 2.45) is 0 Å². The smallest absolute Gasteiger partial charge is 0.0409 e. The van der Waals surface area contributed by atoms with Crippen molar-refractivity contribution in [1.82, 2.24) is 4.98 Å². The molecule has 1 rings (SSSR count). The van der Waals surface area contributed by atoms with E-state index < -0.39 is 0 Å². The molecule has 0 N–H and O–H groups in total. The van der Waals surface area contributed by atoms with Crippen LogP contribution < -0.4 is 0 Å². The number of pyridine rings is 1. The highest BCUT2D eigenvalue weighted by Crippen LogP contribution is 2.18. The van der Waals surface area contributed by atoms with Gasteiger partial charge in [-0.25, -0.2) is 0 Å². The van der Waals surface area contributed by atoms with Gasteiger partial charge in [-0.1, -0.05) is 213 Å². The van der Waals surface area contributed by atoms with Crippen molar-refractivity contribution in [2.45, 2.75) is 245 Å². The zero-order valence-corrected chi connectivity index (χ0v) is 31.3. The van der Waals surface area contributed by atoms with E-state index in [1.165, 1.54) is 222 Å². The van der Waals surface area contributed by atoms with Crippen LogP contribution in [-0.4, -0.2) is 4.98 Å². The summed E-state index contributed by atoms with van der Waals surface area (Å²) in [6, 6.07) is 4.76. The fourth-order valence-corrected chi connectivity index (χ4v) is 7.03. The van der Waals surface area contributed by atoms with Crippen molar-refractivity contribution >= 4 is 0 Å². The van der Waals surface area contributed by atoms with Gasteiger partial charge in [0.25, 0.3) is 0 Å².